The van der Waals surface area contributed by atoms with E-state index in [0.29, 0.717) is 29.8 Å². The first kappa shape index (κ1) is 17.4. The lowest BCUT2D eigenvalue weighted by Gasteiger charge is -2.21. The van der Waals surface area contributed by atoms with Crippen molar-refractivity contribution in [3.8, 4) is 6.01 Å². The largest absolute Gasteiger partial charge is 0.453 e. The van der Waals surface area contributed by atoms with Crippen LogP contribution in [-0.4, -0.2) is 32.0 Å². The lowest BCUT2D eigenvalue weighted by atomic mass is 9.98. The van der Waals surface area contributed by atoms with Gasteiger partial charge in [-0.05, 0) is 25.3 Å². The van der Waals surface area contributed by atoms with E-state index in [1.165, 1.54) is 4.57 Å². The van der Waals surface area contributed by atoms with Gasteiger partial charge < -0.3 is 14.0 Å². The van der Waals surface area contributed by atoms with Crippen molar-refractivity contribution in [3.63, 3.8) is 0 Å². The Labute approximate surface area is 165 Å². The van der Waals surface area contributed by atoms with Gasteiger partial charge in [-0.3, -0.25) is 4.79 Å². The molecule has 0 N–H and O–H groups in total. The molecule has 2 bridgehead atoms. The monoisotopic (exact) mass is 391 g/mol. The van der Waals surface area contributed by atoms with Gasteiger partial charge in [0, 0.05) is 36.3 Å². The zero-order valence-corrected chi connectivity index (χ0v) is 15.6. The van der Waals surface area contributed by atoms with Gasteiger partial charge in [-0.1, -0.05) is 18.2 Å². The molecule has 146 valence electrons. The fourth-order valence-corrected chi connectivity index (χ4v) is 4.00. The summed E-state index contributed by atoms with van der Waals surface area (Å²) in [6.07, 6.45) is 5.06. The van der Waals surface area contributed by atoms with Crippen LogP contribution < -0.4 is 4.74 Å². The van der Waals surface area contributed by atoms with E-state index in [2.05, 4.69) is 4.98 Å². The van der Waals surface area contributed by atoms with Crippen molar-refractivity contribution in [2.24, 2.45) is 7.05 Å². The molecule has 3 heterocycles. The molecule has 29 heavy (non-hydrogen) atoms. The van der Waals surface area contributed by atoms with Crippen molar-refractivity contribution in [1.82, 2.24) is 14.1 Å². The normalized spacial score (nSPS) is 19.6. The topological polar surface area (TPSA) is 92.4 Å². The average molecular weight is 391 g/mol. The lowest BCUT2D eigenvalue weighted by Crippen LogP contribution is -2.21. The molecule has 0 spiro atoms. The third kappa shape index (κ3) is 2.75. The number of rotatable bonds is 1. The van der Waals surface area contributed by atoms with Crippen molar-refractivity contribution in [1.29, 1.82) is 0 Å². The molecule has 8 nitrogen and oxygen atoms in total. The third-order valence-electron chi connectivity index (χ3n) is 5.29. The van der Waals surface area contributed by atoms with E-state index >= 15 is 0 Å². The molecule has 1 aliphatic carbocycles. The predicted octanol–water partition coefficient (Wildman–Crippen LogP) is 2.46. The van der Waals surface area contributed by atoms with E-state index in [1.807, 2.05) is 35.9 Å². The quantitative estimate of drug-likeness (QED) is 0.592. The highest BCUT2D eigenvalue weighted by atomic mass is 16.6. The molecular weight excluding hydrogens is 374 g/mol. The molecule has 0 fully saturated rings. The molecule has 5 rings (SSSR count). The number of fused-ring (bicyclic) bond motifs is 2. The Bertz CT molecular complexity index is 1220. The minimum absolute atomic E-state index is 0.104. The fraction of sp³-hybridized carbons (Fsp3) is 0.238. The van der Waals surface area contributed by atoms with Gasteiger partial charge in [0.15, 0.2) is 0 Å². The van der Waals surface area contributed by atoms with Crippen molar-refractivity contribution in [2.45, 2.75) is 25.4 Å². The number of nitrogens with zero attached hydrogens (tertiary/aromatic N) is 3. The second-order valence-electron chi connectivity index (χ2n) is 7.11. The predicted molar refractivity (Wildman–Crippen MR) is 101 cm³/mol. The van der Waals surface area contributed by atoms with Gasteiger partial charge >= 0.3 is 17.9 Å². The van der Waals surface area contributed by atoms with E-state index in [1.54, 1.807) is 6.20 Å². The molecule has 0 unspecified atom stereocenters. The number of hydrogen-bond donors (Lipinski definition) is 0. The number of carbonyl (C=O) groups is 3. The Morgan fingerprint density at radius 3 is 2.83 bits per heavy atom. The van der Waals surface area contributed by atoms with E-state index in [4.69, 9.17) is 9.47 Å². The SMILES string of the molecule is Cn1cc(C(=O)n2c3nc4c2CCC[C@@H]4OC(=O)/C=C/C(=O)O3)c2ccccc21. The zero-order chi connectivity index (χ0) is 20.1. The third-order valence-corrected chi connectivity index (χ3v) is 5.29. The van der Waals surface area contributed by atoms with Crippen LogP contribution in [0.5, 0.6) is 6.01 Å². The number of benzene rings is 1. The Balaban J connectivity index is 1.70. The summed E-state index contributed by atoms with van der Waals surface area (Å²) in [5, 5.41) is 0.794. The highest BCUT2D eigenvalue weighted by molar-refractivity contribution is 6.09. The lowest BCUT2D eigenvalue weighted by molar-refractivity contribution is -0.144. The van der Waals surface area contributed by atoms with Gasteiger partial charge in [-0.15, -0.1) is 0 Å². The summed E-state index contributed by atoms with van der Waals surface area (Å²) in [7, 11) is 1.87. The number of aryl methyl sites for hydroxylation is 1. The maximum absolute atomic E-state index is 13.6. The highest BCUT2D eigenvalue weighted by Crippen LogP contribution is 2.36. The number of hydrogen-bond acceptors (Lipinski definition) is 6. The molecule has 0 amide bonds. The first-order valence-electron chi connectivity index (χ1n) is 9.33. The summed E-state index contributed by atoms with van der Waals surface area (Å²) < 4.78 is 14.0. The minimum atomic E-state index is -0.797. The van der Waals surface area contributed by atoms with Crippen LogP contribution >= 0.6 is 0 Å². The van der Waals surface area contributed by atoms with Gasteiger partial charge in [-0.2, -0.15) is 4.98 Å². The fourth-order valence-electron chi connectivity index (χ4n) is 4.00. The van der Waals surface area contributed by atoms with Crippen molar-refractivity contribution in [2.75, 3.05) is 0 Å². The number of ether oxygens (including phenoxy) is 2. The number of para-hydroxylation sites is 1. The first-order chi connectivity index (χ1) is 14.0. The molecular formula is C21H17N3O5. The molecule has 0 saturated heterocycles. The maximum Gasteiger partial charge on any atom is 0.338 e. The number of aromatic nitrogens is 3. The average Bonchev–Trinajstić information content (AvgIpc) is 3.24. The van der Waals surface area contributed by atoms with E-state index in [9.17, 15) is 14.4 Å². The van der Waals surface area contributed by atoms with Crippen LogP contribution in [0.25, 0.3) is 10.9 Å². The molecule has 1 atom stereocenters. The zero-order valence-electron chi connectivity index (χ0n) is 15.6. The summed E-state index contributed by atoms with van der Waals surface area (Å²) in [5.41, 5.74) is 2.47. The summed E-state index contributed by atoms with van der Waals surface area (Å²) in [5.74, 6) is -1.78. The Morgan fingerprint density at radius 2 is 1.97 bits per heavy atom. The Kier molecular flexibility index (Phi) is 3.87. The molecule has 0 radical (unpaired) electrons. The van der Waals surface area contributed by atoms with E-state index < -0.39 is 18.0 Å². The van der Waals surface area contributed by atoms with Crippen molar-refractivity contribution >= 4 is 28.7 Å². The Morgan fingerprint density at radius 1 is 1.17 bits per heavy atom. The summed E-state index contributed by atoms with van der Waals surface area (Å²) in [6, 6.07) is 7.47. The van der Waals surface area contributed by atoms with Crippen LogP contribution in [-0.2, 0) is 27.8 Å². The van der Waals surface area contributed by atoms with Gasteiger partial charge in [-0.25, -0.2) is 14.2 Å². The highest BCUT2D eigenvalue weighted by Gasteiger charge is 2.34. The molecule has 8 heteroatoms. The maximum atomic E-state index is 13.6. The molecule has 1 aliphatic heterocycles. The summed E-state index contributed by atoms with van der Waals surface area (Å²) in [4.78, 5) is 42.0. The van der Waals surface area contributed by atoms with Crippen LogP contribution in [0.15, 0.2) is 42.6 Å². The second-order valence-corrected chi connectivity index (χ2v) is 7.11. The van der Waals surface area contributed by atoms with Crippen LogP contribution in [0.1, 0.15) is 40.7 Å². The van der Waals surface area contributed by atoms with Gasteiger partial charge in [0.1, 0.15) is 11.8 Å². The number of carbonyl (C=O) groups excluding carboxylic acids is 3. The Hall–Kier alpha value is -3.68. The molecule has 0 saturated carbocycles. The first-order valence-corrected chi connectivity index (χ1v) is 9.33. The smallest absolute Gasteiger partial charge is 0.338 e. The summed E-state index contributed by atoms with van der Waals surface area (Å²) in [6.45, 7) is 0. The minimum Gasteiger partial charge on any atom is -0.453 e. The van der Waals surface area contributed by atoms with Crippen molar-refractivity contribution in [3.05, 3.63) is 59.6 Å². The van der Waals surface area contributed by atoms with Crippen LogP contribution in [0.2, 0.25) is 0 Å². The van der Waals surface area contributed by atoms with Crippen LogP contribution in [0.4, 0.5) is 0 Å². The summed E-state index contributed by atoms with van der Waals surface area (Å²) >= 11 is 0. The molecule has 1 aromatic carbocycles. The standard InChI is InChI=1S/C21H17N3O5/c1-23-11-13(12-5-2-3-6-14(12)23)20(27)24-15-7-4-8-16-19(15)22-21(24)29-18(26)10-9-17(25)28-16/h2-3,5-6,9-11,16H,4,7-8H2,1H3/b10-9+/t16-/m0/s1. The number of imidazole rings is 1. The second kappa shape index (κ2) is 6.44. The van der Waals surface area contributed by atoms with E-state index in [0.717, 1.165) is 29.5 Å². The number of esters is 2. The molecule has 3 aromatic rings. The van der Waals surface area contributed by atoms with Crippen LogP contribution in [0.3, 0.4) is 0 Å². The molecule has 2 aliphatic rings. The van der Waals surface area contributed by atoms with Crippen molar-refractivity contribution < 1.29 is 23.9 Å². The van der Waals surface area contributed by atoms with Gasteiger partial charge in [0.25, 0.3) is 5.91 Å². The van der Waals surface area contributed by atoms with Gasteiger partial charge in [0.2, 0.25) is 0 Å². The van der Waals surface area contributed by atoms with E-state index in [-0.39, 0.29) is 11.9 Å². The van der Waals surface area contributed by atoms with Gasteiger partial charge in [0.05, 0.1) is 11.3 Å². The van der Waals surface area contributed by atoms with Crippen LogP contribution in [0, 0.1) is 0 Å². The molecule has 2 aromatic heterocycles.